The summed E-state index contributed by atoms with van der Waals surface area (Å²) in [6.07, 6.45) is -6.07. The predicted octanol–water partition coefficient (Wildman–Crippen LogP) is -4.48. The molecule has 0 aromatic rings. The van der Waals surface area contributed by atoms with Gasteiger partial charge in [0.2, 0.25) is 0 Å². The monoisotopic (exact) mass is 311 g/mol. The van der Waals surface area contributed by atoms with Crippen molar-refractivity contribution in [3.63, 3.8) is 0 Å². The van der Waals surface area contributed by atoms with Crippen molar-refractivity contribution in [3.05, 3.63) is 0 Å². The Hall–Kier alpha value is -0.394. The van der Waals surface area contributed by atoms with Gasteiger partial charge >= 0.3 is 32.6 Å². The Morgan fingerprint density at radius 1 is 1.06 bits per heavy atom. The van der Waals surface area contributed by atoms with Crippen molar-refractivity contribution in [2.75, 3.05) is 6.61 Å². The predicted molar refractivity (Wildman–Crippen MR) is 46.0 cm³/mol. The van der Waals surface area contributed by atoms with E-state index in [0.717, 1.165) is 6.29 Å². The summed E-state index contributed by atoms with van der Waals surface area (Å²) >= 11 is -1.44. The molecular weight excluding hydrogens is 299 g/mol. The van der Waals surface area contributed by atoms with Crippen LogP contribution in [0.5, 0.6) is 0 Å². The Morgan fingerprint density at radius 3 is 1.65 bits per heavy atom. The molecule has 0 aliphatic carbocycles. The quantitative estimate of drug-likeness (QED) is 0.248. The molecule has 0 bridgehead atoms. The first-order valence-electron chi connectivity index (χ1n) is 3.79. The minimum atomic E-state index is -1.89. The zero-order valence-electron chi connectivity index (χ0n) is 8.34. The Labute approximate surface area is 105 Å². The zero-order chi connectivity index (χ0) is 14.4. The van der Waals surface area contributed by atoms with E-state index in [-0.39, 0.29) is 0 Å². The van der Waals surface area contributed by atoms with Gasteiger partial charge < -0.3 is 34.8 Å². The zero-order valence-corrected chi connectivity index (χ0v) is 10.7. The number of aliphatic hydroxyl groups excluding tert-OH is 5. The second-order valence-corrected chi connectivity index (χ2v) is 2.55. The first kappa shape index (κ1) is 21.8. The molecule has 0 saturated carbocycles. The number of rotatable bonds is 5. The van der Waals surface area contributed by atoms with Gasteiger partial charge in [-0.25, -0.2) is 6.29 Å². The fourth-order valence-corrected chi connectivity index (χ4v) is 0.592. The molecule has 4 atom stereocenters. The molecule has 0 saturated heterocycles. The molecular formula is C6H12MnO9Si-. The minimum absolute atomic E-state index is 0.774. The van der Waals surface area contributed by atoms with E-state index in [1.807, 2.05) is 0 Å². The first-order chi connectivity index (χ1) is 7.95. The Kier molecular flexibility index (Phi) is 20.1. The van der Waals surface area contributed by atoms with Gasteiger partial charge in [0.25, 0.3) is 0 Å². The Bertz CT molecular complexity index is 222. The van der Waals surface area contributed by atoms with Crippen molar-refractivity contribution in [3.8, 4) is 0 Å². The molecule has 0 aromatic heterocycles. The molecule has 5 N–H and O–H groups in total. The SMILES string of the molecule is O=[C-][C@H](O)[C@@H](O)[C@H](O)[C@H](O)CO.O=[SiH].[O]=[Mn]=[O]. The van der Waals surface area contributed by atoms with Crippen LogP contribution in [0, 0.1) is 0 Å². The summed E-state index contributed by atoms with van der Waals surface area (Å²) in [5, 5.41) is 43.4. The fourth-order valence-electron chi connectivity index (χ4n) is 0.592. The molecule has 0 aliphatic heterocycles. The Balaban J connectivity index is -0.000000337. The molecule has 0 heterocycles. The first-order valence-corrected chi connectivity index (χ1v) is 5.23. The standard InChI is InChI=1S/C6H11O6.Mn.HOSi.2O/c7-1-3(9)5(11)6(12)4(10)2-8;;1-2;;/h3-7,9-12H,1H2;;2H;;/q-1;;;;/t3-,4+,5-,6-;;;;/m1..../s1. The summed E-state index contributed by atoms with van der Waals surface area (Å²) in [7, 11) is 1.17. The van der Waals surface area contributed by atoms with Crippen molar-refractivity contribution in [1.29, 1.82) is 0 Å². The van der Waals surface area contributed by atoms with Gasteiger partial charge in [-0.1, -0.05) is 0 Å². The van der Waals surface area contributed by atoms with Crippen LogP contribution in [-0.4, -0.2) is 73.0 Å². The topological polar surface area (TPSA) is 169 Å². The molecule has 0 spiro atoms. The van der Waals surface area contributed by atoms with Gasteiger partial charge in [0, 0.05) is 0 Å². The van der Waals surface area contributed by atoms with Crippen LogP contribution in [0.15, 0.2) is 0 Å². The number of hydrogen-bond acceptors (Lipinski definition) is 9. The molecule has 11 heteroatoms. The second-order valence-electron chi connectivity index (χ2n) is 2.36. The molecule has 0 fully saturated rings. The van der Waals surface area contributed by atoms with E-state index in [4.69, 9.17) is 37.7 Å². The van der Waals surface area contributed by atoms with Crippen LogP contribution in [0.2, 0.25) is 0 Å². The number of hydrogen-bond donors (Lipinski definition) is 5. The van der Waals surface area contributed by atoms with Gasteiger partial charge in [0.05, 0.1) is 12.7 Å². The molecule has 0 aromatic carbocycles. The molecule has 0 amide bonds. The van der Waals surface area contributed by atoms with E-state index >= 15 is 0 Å². The van der Waals surface area contributed by atoms with Crippen LogP contribution < -0.4 is 0 Å². The molecule has 9 nitrogen and oxygen atoms in total. The fraction of sp³-hybridized carbons (Fsp3) is 0.833. The van der Waals surface area contributed by atoms with E-state index in [0.29, 0.717) is 0 Å². The second kappa shape index (κ2) is 15.6. The summed E-state index contributed by atoms with van der Waals surface area (Å²) in [6.45, 7) is -0.774. The summed E-state index contributed by atoms with van der Waals surface area (Å²) < 4.78 is 25.0. The van der Waals surface area contributed by atoms with Gasteiger partial charge in [-0.3, -0.25) is 0 Å². The van der Waals surface area contributed by atoms with Gasteiger partial charge in [-0.05, 0) is 6.10 Å². The molecule has 17 heavy (non-hydrogen) atoms. The summed E-state index contributed by atoms with van der Waals surface area (Å²) in [5.74, 6) is 0. The average molecular weight is 311 g/mol. The molecule has 102 valence electrons. The van der Waals surface area contributed by atoms with E-state index in [1.165, 1.54) is 10.1 Å². The number of aliphatic hydroxyl groups is 5. The van der Waals surface area contributed by atoms with E-state index in [9.17, 15) is 4.79 Å². The van der Waals surface area contributed by atoms with Gasteiger partial charge in [-0.2, -0.15) is 0 Å². The summed E-state index contributed by atoms with van der Waals surface area (Å²) in [4.78, 5) is 9.77. The molecule has 1 radical (unpaired) electrons. The third-order valence-corrected chi connectivity index (χ3v) is 1.38. The van der Waals surface area contributed by atoms with E-state index < -0.39 is 45.8 Å². The molecule has 0 unspecified atom stereocenters. The van der Waals surface area contributed by atoms with Crippen molar-refractivity contribution in [2.45, 2.75) is 24.4 Å². The van der Waals surface area contributed by atoms with Crippen molar-refractivity contribution in [1.82, 2.24) is 0 Å². The van der Waals surface area contributed by atoms with Gasteiger partial charge in [-0.15, -0.1) is 0 Å². The maximum absolute atomic E-state index is 9.77. The third kappa shape index (κ3) is 11.9. The van der Waals surface area contributed by atoms with Crippen molar-refractivity contribution < 1.29 is 57.3 Å². The molecule has 0 aliphatic rings. The van der Waals surface area contributed by atoms with Crippen LogP contribution in [-0.2, 0) is 31.7 Å². The maximum atomic E-state index is 9.77. The normalized spacial score (nSPS) is 15.8. The van der Waals surface area contributed by atoms with E-state index in [1.54, 1.807) is 0 Å². The van der Waals surface area contributed by atoms with Crippen LogP contribution in [0.25, 0.3) is 0 Å². The Morgan fingerprint density at radius 2 is 1.41 bits per heavy atom. The molecule has 0 rings (SSSR count). The third-order valence-electron chi connectivity index (χ3n) is 1.38. The number of carbonyl (C=O) groups excluding carboxylic acids is 1. The van der Waals surface area contributed by atoms with Crippen molar-refractivity contribution >= 4 is 16.4 Å². The van der Waals surface area contributed by atoms with Gasteiger partial charge in [0.1, 0.15) is 12.2 Å². The average Bonchev–Trinajstić information content (AvgIpc) is 2.38. The van der Waals surface area contributed by atoms with Crippen molar-refractivity contribution in [2.24, 2.45) is 0 Å². The van der Waals surface area contributed by atoms with Gasteiger partial charge in [0.15, 0.2) is 0 Å². The van der Waals surface area contributed by atoms with Crippen LogP contribution in [0.1, 0.15) is 0 Å². The van der Waals surface area contributed by atoms with Crippen LogP contribution in [0.4, 0.5) is 0 Å². The summed E-state index contributed by atoms with van der Waals surface area (Å²) in [6, 6.07) is 0. The van der Waals surface area contributed by atoms with Crippen LogP contribution >= 0.6 is 0 Å². The van der Waals surface area contributed by atoms with E-state index in [2.05, 4.69) is 0 Å². The van der Waals surface area contributed by atoms with Crippen LogP contribution in [0.3, 0.4) is 0 Å². The summed E-state index contributed by atoms with van der Waals surface area (Å²) in [5.41, 5.74) is 0.